The van der Waals surface area contributed by atoms with E-state index >= 15 is 0 Å². The number of hydrogen-bond acceptors (Lipinski definition) is 4. The normalized spacial score (nSPS) is 16.4. The first kappa shape index (κ1) is 14.9. The summed E-state index contributed by atoms with van der Waals surface area (Å²) >= 11 is 0. The summed E-state index contributed by atoms with van der Waals surface area (Å²) in [5.74, 6) is -3.92. The van der Waals surface area contributed by atoms with Crippen LogP contribution >= 0.6 is 0 Å². The predicted octanol–water partition coefficient (Wildman–Crippen LogP) is -0.278. The van der Waals surface area contributed by atoms with E-state index in [0.717, 1.165) is 0 Å². The van der Waals surface area contributed by atoms with E-state index in [4.69, 9.17) is 21.7 Å². The van der Waals surface area contributed by atoms with Crippen LogP contribution in [0.2, 0.25) is 0 Å². The molecule has 0 heterocycles. The molecule has 94 valence electrons. The second-order valence-electron chi connectivity index (χ2n) is 3.90. The molecule has 0 aliphatic carbocycles. The molecule has 6 N–H and O–H groups in total. The Balaban J connectivity index is 4.71. The fourth-order valence-electron chi connectivity index (χ4n) is 1.86. The Labute approximate surface area is 94.6 Å². The SMILES string of the molecule is CC(C(CCN)C(=O)O)C(CCN)C(=O)O. The zero-order chi connectivity index (χ0) is 12.7. The average Bonchev–Trinajstić information content (AvgIpc) is 2.20. The maximum atomic E-state index is 11.0. The Morgan fingerprint density at radius 2 is 1.31 bits per heavy atom. The second kappa shape index (κ2) is 7.19. The zero-order valence-corrected chi connectivity index (χ0v) is 9.43. The molecule has 0 aromatic heterocycles. The fraction of sp³-hybridized carbons (Fsp3) is 0.800. The summed E-state index contributed by atoms with van der Waals surface area (Å²) in [4.78, 5) is 22.0. The third kappa shape index (κ3) is 4.16. The minimum absolute atomic E-state index is 0.232. The van der Waals surface area contributed by atoms with Gasteiger partial charge in [0.2, 0.25) is 0 Å². The molecule has 0 radical (unpaired) electrons. The highest BCUT2D eigenvalue weighted by Gasteiger charge is 2.33. The minimum Gasteiger partial charge on any atom is -0.481 e. The van der Waals surface area contributed by atoms with Crippen LogP contribution in [-0.2, 0) is 9.59 Å². The van der Waals surface area contributed by atoms with Crippen molar-refractivity contribution in [1.29, 1.82) is 0 Å². The molecule has 0 aromatic rings. The summed E-state index contributed by atoms with van der Waals surface area (Å²) in [6.07, 6.45) is 0.565. The lowest BCUT2D eigenvalue weighted by Crippen LogP contribution is -2.34. The maximum Gasteiger partial charge on any atom is 0.306 e. The van der Waals surface area contributed by atoms with Gasteiger partial charge in [0, 0.05) is 0 Å². The molecule has 0 saturated carbocycles. The molecule has 0 aromatic carbocycles. The monoisotopic (exact) mass is 232 g/mol. The first-order chi connectivity index (χ1) is 7.45. The molecule has 6 heteroatoms. The van der Waals surface area contributed by atoms with E-state index < -0.39 is 29.7 Å². The quantitative estimate of drug-likeness (QED) is 0.456. The molecule has 0 fully saturated rings. The molecule has 0 aliphatic rings. The molecule has 2 atom stereocenters. The van der Waals surface area contributed by atoms with Gasteiger partial charge in [0.05, 0.1) is 11.8 Å². The van der Waals surface area contributed by atoms with Gasteiger partial charge in [0.15, 0.2) is 0 Å². The van der Waals surface area contributed by atoms with Crippen molar-refractivity contribution in [3.63, 3.8) is 0 Å². The van der Waals surface area contributed by atoms with Crippen molar-refractivity contribution in [2.24, 2.45) is 29.2 Å². The molecule has 0 bridgehead atoms. The van der Waals surface area contributed by atoms with Gasteiger partial charge < -0.3 is 21.7 Å². The topological polar surface area (TPSA) is 127 Å². The van der Waals surface area contributed by atoms with Crippen LogP contribution in [0.3, 0.4) is 0 Å². The highest BCUT2D eigenvalue weighted by molar-refractivity contribution is 5.74. The van der Waals surface area contributed by atoms with E-state index in [1.165, 1.54) is 0 Å². The van der Waals surface area contributed by atoms with Crippen LogP contribution in [0, 0.1) is 17.8 Å². The zero-order valence-electron chi connectivity index (χ0n) is 9.43. The second-order valence-corrected chi connectivity index (χ2v) is 3.90. The first-order valence-electron chi connectivity index (χ1n) is 5.31. The van der Waals surface area contributed by atoms with Crippen molar-refractivity contribution < 1.29 is 19.8 Å². The van der Waals surface area contributed by atoms with Gasteiger partial charge in [-0.3, -0.25) is 9.59 Å². The van der Waals surface area contributed by atoms with Crippen molar-refractivity contribution in [3.8, 4) is 0 Å². The highest BCUT2D eigenvalue weighted by atomic mass is 16.4. The lowest BCUT2D eigenvalue weighted by molar-refractivity contribution is -0.149. The van der Waals surface area contributed by atoms with Crippen molar-refractivity contribution in [2.75, 3.05) is 13.1 Å². The van der Waals surface area contributed by atoms with Gasteiger partial charge in [-0.15, -0.1) is 0 Å². The third-order valence-corrected chi connectivity index (χ3v) is 2.86. The van der Waals surface area contributed by atoms with Gasteiger partial charge in [-0.05, 0) is 31.8 Å². The number of aliphatic carboxylic acids is 2. The van der Waals surface area contributed by atoms with Gasteiger partial charge in [-0.1, -0.05) is 6.92 Å². The third-order valence-electron chi connectivity index (χ3n) is 2.86. The molecule has 0 saturated heterocycles. The van der Waals surface area contributed by atoms with Gasteiger partial charge >= 0.3 is 11.9 Å². The Hall–Kier alpha value is -1.14. The number of carboxylic acids is 2. The van der Waals surface area contributed by atoms with E-state index in [-0.39, 0.29) is 25.9 Å². The molecule has 2 unspecified atom stereocenters. The van der Waals surface area contributed by atoms with Crippen LogP contribution in [0.1, 0.15) is 19.8 Å². The van der Waals surface area contributed by atoms with Crippen molar-refractivity contribution in [2.45, 2.75) is 19.8 Å². The van der Waals surface area contributed by atoms with Crippen molar-refractivity contribution in [1.82, 2.24) is 0 Å². The van der Waals surface area contributed by atoms with E-state index in [1.54, 1.807) is 6.92 Å². The molecule has 0 amide bonds. The number of hydrogen-bond donors (Lipinski definition) is 4. The van der Waals surface area contributed by atoms with Gasteiger partial charge in [0.1, 0.15) is 0 Å². The number of rotatable bonds is 8. The van der Waals surface area contributed by atoms with Crippen LogP contribution in [0.4, 0.5) is 0 Å². The molecule has 0 spiro atoms. The lowest BCUT2D eigenvalue weighted by Gasteiger charge is -2.25. The van der Waals surface area contributed by atoms with Gasteiger partial charge in [0.25, 0.3) is 0 Å². The molecular weight excluding hydrogens is 212 g/mol. The lowest BCUT2D eigenvalue weighted by atomic mass is 9.79. The number of carboxylic acid groups (broad SMARTS) is 2. The summed E-state index contributed by atoms with van der Waals surface area (Å²) in [5, 5.41) is 18.0. The van der Waals surface area contributed by atoms with Gasteiger partial charge in [-0.2, -0.15) is 0 Å². The van der Waals surface area contributed by atoms with Crippen LogP contribution in [-0.4, -0.2) is 35.2 Å². The summed E-state index contributed by atoms with van der Waals surface area (Å²) in [6.45, 7) is 2.09. The minimum atomic E-state index is -0.999. The molecular formula is C10H20N2O4. The van der Waals surface area contributed by atoms with Crippen LogP contribution < -0.4 is 11.5 Å². The summed E-state index contributed by atoms with van der Waals surface area (Å²) in [7, 11) is 0. The Morgan fingerprint density at radius 3 is 1.50 bits per heavy atom. The van der Waals surface area contributed by atoms with E-state index in [0.29, 0.717) is 0 Å². The van der Waals surface area contributed by atoms with E-state index in [1.807, 2.05) is 0 Å². The van der Waals surface area contributed by atoms with Crippen LogP contribution in [0.5, 0.6) is 0 Å². The van der Waals surface area contributed by atoms with Gasteiger partial charge in [-0.25, -0.2) is 0 Å². The van der Waals surface area contributed by atoms with E-state index in [9.17, 15) is 9.59 Å². The Kier molecular flexibility index (Phi) is 6.67. The van der Waals surface area contributed by atoms with Crippen LogP contribution in [0.15, 0.2) is 0 Å². The summed E-state index contributed by atoms with van der Waals surface area (Å²) in [5.41, 5.74) is 10.6. The van der Waals surface area contributed by atoms with Crippen molar-refractivity contribution in [3.05, 3.63) is 0 Å². The highest BCUT2D eigenvalue weighted by Crippen LogP contribution is 2.26. The predicted molar refractivity (Wildman–Crippen MR) is 58.8 cm³/mol. The number of nitrogens with two attached hydrogens (primary N) is 2. The Bertz CT molecular complexity index is 221. The fourth-order valence-corrected chi connectivity index (χ4v) is 1.86. The molecule has 0 aliphatic heterocycles. The standard InChI is InChI=1S/C10H20N2O4/c1-6(7(2-4-11)9(13)14)8(3-5-12)10(15)16/h6-8H,2-5,11-12H2,1H3,(H,13,14)(H,15,16). The number of carbonyl (C=O) groups is 2. The van der Waals surface area contributed by atoms with Crippen molar-refractivity contribution >= 4 is 11.9 Å². The molecule has 16 heavy (non-hydrogen) atoms. The Morgan fingerprint density at radius 1 is 1.00 bits per heavy atom. The average molecular weight is 232 g/mol. The maximum absolute atomic E-state index is 11.0. The summed E-state index contributed by atoms with van der Waals surface area (Å²) in [6, 6.07) is 0. The smallest absolute Gasteiger partial charge is 0.306 e. The van der Waals surface area contributed by atoms with Crippen LogP contribution in [0.25, 0.3) is 0 Å². The largest absolute Gasteiger partial charge is 0.481 e. The van der Waals surface area contributed by atoms with E-state index in [2.05, 4.69) is 0 Å². The first-order valence-corrected chi connectivity index (χ1v) is 5.31. The molecule has 6 nitrogen and oxygen atoms in total. The molecule has 0 rings (SSSR count). The summed E-state index contributed by atoms with van der Waals surface area (Å²) < 4.78 is 0.